The molecular formula is C23H30Cl2N4O. The van der Waals surface area contributed by atoms with Crippen molar-refractivity contribution in [3.05, 3.63) is 39.6 Å². The number of carbonyl (C=O) groups excluding carboxylic acids is 1. The second kappa shape index (κ2) is 9.71. The number of piperidine rings is 1. The van der Waals surface area contributed by atoms with Crippen molar-refractivity contribution in [3.63, 3.8) is 0 Å². The Kier molecular flexibility index (Phi) is 7.01. The van der Waals surface area contributed by atoms with E-state index in [1.165, 1.54) is 38.5 Å². The average molecular weight is 449 g/mol. The summed E-state index contributed by atoms with van der Waals surface area (Å²) >= 11 is 12.4. The summed E-state index contributed by atoms with van der Waals surface area (Å²) in [6.07, 6.45) is 9.80. The van der Waals surface area contributed by atoms with E-state index in [-0.39, 0.29) is 5.91 Å². The highest BCUT2D eigenvalue weighted by Gasteiger charge is 2.25. The topological polar surface area (TPSA) is 50.2 Å². The Balaban J connectivity index is 1.66. The van der Waals surface area contributed by atoms with Crippen molar-refractivity contribution in [1.29, 1.82) is 0 Å². The van der Waals surface area contributed by atoms with E-state index >= 15 is 0 Å². The van der Waals surface area contributed by atoms with Gasteiger partial charge in [0.2, 0.25) is 0 Å². The molecule has 7 heteroatoms. The maximum absolute atomic E-state index is 13.1. The lowest BCUT2D eigenvalue weighted by Crippen LogP contribution is -2.45. The number of nitrogens with one attached hydrogen (secondary N) is 1. The van der Waals surface area contributed by atoms with Crippen LogP contribution in [0, 0.1) is 12.8 Å². The van der Waals surface area contributed by atoms with Crippen LogP contribution in [-0.2, 0) is 6.54 Å². The van der Waals surface area contributed by atoms with Gasteiger partial charge in [-0.2, -0.15) is 0 Å². The van der Waals surface area contributed by atoms with Gasteiger partial charge >= 0.3 is 0 Å². The number of carbonyl (C=O) groups is 1. The first kappa shape index (κ1) is 21.7. The van der Waals surface area contributed by atoms with Crippen molar-refractivity contribution in [2.75, 3.05) is 13.1 Å². The van der Waals surface area contributed by atoms with Crippen molar-refractivity contribution >= 4 is 29.1 Å². The number of hydrogen-bond acceptors (Lipinski definition) is 3. The zero-order valence-electron chi connectivity index (χ0n) is 17.6. The Morgan fingerprint density at radius 2 is 1.77 bits per heavy atom. The first-order chi connectivity index (χ1) is 14.5. The number of amides is 1. The highest BCUT2D eigenvalue weighted by atomic mass is 35.5. The van der Waals surface area contributed by atoms with Gasteiger partial charge in [0.15, 0.2) is 5.69 Å². The monoisotopic (exact) mass is 448 g/mol. The molecule has 4 rings (SSSR count). The quantitative estimate of drug-likeness (QED) is 0.621. The van der Waals surface area contributed by atoms with Gasteiger partial charge in [-0.15, -0.1) is 0 Å². The van der Waals surface area contributed by atoms with Crippen LogP contribution in [0.3, 0.4) is 0 Å². The van der Waals surface area contributed by atoms with E-state index in [1.54, 1.807) is 6.07 Å². The molecule has 5 nitrogen and oxygen atoms in total. The van der Waals surface area contributed by atoms with E-state index in [9.17, 15) is 4.79 Å². The molecule has 2 aromatic rings. The summed E-state index contributed by atoms with van der Waals surface area (Å²) in [5, 5.41) is 3.04. The average Bonchev–Trinajstić information content (AvgIpc) is 3.08. The van der Waals surface area contributed by atoms with Gasteiger partial charge in [-0.1, -0.05) is 48.9 Å². The molecule has 0 spiro atoms. The smallest absolute Gasteiger partial charge is 0.286 e. The third kappa shape index (κ3) is 4.84. The first-order valence-corrected chi connectivity index (χ1v) is 11.9. The van der Waals surface area contributed by atoms with Crippen LogP contribution < -0.4 is 5.43 Å². The molecule has 1 saturated carbocycles. The van der Waals surface area contributed by atoms with Crippen LogP contribution in [0.1, 0.15) is 67.5 Å². The van der Waals surface area contributed by atoms with Gasteiger partial charge in [-0.25, -0.2) is 9.99 Å². The third-order valence-electron chi connectivity index (χ3n) is 6.40. The Labute approximate surface area is 188 Å². The third-order valence-corrected chi connectivity index (χ3v) is 7.13. The van der Waals surface area contributed by atoms with Crippen LogP contribution in [0.15, 0.2) is 18.2 Å². The Hall–Kier alpha value is -1.56. The lowest BCUT2D eigenvalue weighted by molar-refractivity contribution is 0.0744. The van der Waals surface area contributed by atoms with E-state index in [0.29, 0.717) is 21.7 Å². The number of rotatable bonds is 5. The van der Waals surface area contributed by atoms with Crippen molar-refractivity contribution in [2.24, 2.45) is 5.92 Å². The Bertz CT molecular complexity index is 899. The minimum absolute atomic E-state index is 0.127. The van der Waals surface area contributed by atoms with Crippen molar-refractivity contribution in [2.45, 2.75) is 64.8 Å². The van der Waals surface area contributed by atoms with Crippen LogP contribution in [0.25, 0.3) is 11.4 Å². The molecule has 1 aromatic heterocycles. The molecule has 0 unspecified atom stereocenters. The predicted molar refractivity (Wildman–Crippen MR) is 122 cm³/mol. The van der Waals surface area contributed by atoms with E-state index in [4.69, 9.17) is 28.2 Å². The fraction of sp³-hybridized carbons (Fsp3) is 0.565. The molecule has 2 heterocycles. The molecule has 162 valence electrons. The Morgan fingerprint density at radius 3 is 2.47 bits per heavy atom. The standard InChI is InChI=1S/C23H30Cl2N4O/c1-16-21(23(30)27-28-12-6-3-7-13-28)26-22(18-10-11-19(24)20(25)14-18)29(16)15-17-8-4-2-5-9-17/h10-11,14,17H,2-9,12-13,15H2,1H3,(H,27,30). The SMILES string of the molecule is Cc1c(C(=O)NN2CCCCC2)nc(-c2ccc(Cl)c(Cl)c2)n1CC1CCCCC1. The summed E-state index contributed by atoms with van der Waals surface area (Å²) in [5.74, 6) is 1.28. The minimum Gasteiger partial charge on any atom is -0.327 e. The van der Waals surface area contributed by atoms with E-state index in [0.717, 1.165) is 49.6 Å². The lowest BCUT2D eigenvalue weighted by Gasteiger charge is -2.26. The van der Waals surface area contributed by atoms with E-state index < -0.39 is 0 Å². The molecule has 1 aliphatic carbocycles. The molecule has 1 N–H and O–H groups in total. The molecule has 1 aromatic carbocycles. The molecule has 30 heavy (non-hydrogen) atoms. The van der Waals surface area contributed by atoms with Crippen LogP contribution in [0.2, 0.25) is 10.0 Å². The molecule has 0 radical (unpaired) electrons. The normalized spacial score (nSPS) is 18.5. The molecule has 0 bridgehead atoms. The number of imidazole rings is 1. The van der Waals surface area contributed by atoms with Crippen LogP contribution in [0.5, 0.6) is 0 Å². The zero-order chi connectivity index (χ0) is 21.1. The Morgan fingerprint density at radius 1 is 1.07 bits per heavy atom. The fourth-order valence-corrected chi connectivity index (χ4v) is 4.96. The second-order valence-corrected chi connectivity index (χ2v) is 9.42. The van der Waals surface area contributed by atoms with Gasteiger partial charge in [0.05, 0.1) is 10.0 Å². The molecule has 2 fully saturated rings. The molecule has 1 saturated heterocycles. The minimum atomic E-state index is -0.127. The number of aromatic nitrogens is 2. The van der Waals surface area contributed by atoms with Crippen molar-refractivity contribution in [3.8, 4) is 11.4 Å². The summed E-state index contributed by atoms with van der Waals surface area (Å²) in [6.45, 7) is 4.67. The highest BCUT2D eigenvalue weighted by Crippen LogP contribution is 2.32. The molecule has 1 amide bonds. The van der Waals surface area contributed by atoms with Crippen molar-refractivity contribution in [1.82, 2.24) is 20.0 Å². The van der Waals surface area contributed by atoms with E-state index in [1.807, 2.05) is 24.1 Å². The molecular weight excluding hydrogens is 419 g/mol. The number of hydrazine groups is 1. The number of halogens is 2. The first-order valence-electron chi connectivity index (χ1n) is 11.1. The lowest BCUT2D eigenvalue weighted by atomic mass is 9.89. The molecule has 0 atom stereocenters. The van der Waals surface area contributed by atoms with Gasteiger partial charge in [0, 0.05) is 30.9 Å². The zero-order valence-corrected chi connectivity index (χ0v) is 19.1. The second-order valence-electron chi connectivity index (χ2n) is 8.60. The maximum Gasteiger partial charge on any atom is 0.286 e. The summed E-state index contributed by atoms with van der Waals surface area (Å²) in [6, 6.07) is 5.57. The van der Waals surface area contributed by atoms with Crippen LogP contribution in [0.4, 0.5) is 0 Å². The number of hydrogen-bond donors (Lipinski definition) is 1. The van der Waals surface area contributed by atoms with Gasteiger partial charge in [-0.3, -0.25) is 10.2 Å². The fourth-order valence-electron chi connectivity index (χ4n) is 4.66. The van der Waals surface area contributed by atoms with Gasteiger partial charge in [0.25, 0.3) is 5.91 Å². The van der Waals surface area contributed by atoms with Gasteiger partial charge < -0.3 is 4.57 Å². The molecule has 2 aliphatic rings. The van der Waals surface area contributed by atoms with Crippen LogP contribution in [-0.4, -0.2) is 33.6 Å². The summed E-state index contributed by atoms with van der Waals surface area (Å²) in [5.41, 5.74) is 5.36. The number of benzene rings is 1. The summed E-state index contributed by atoms with van der Waals surface area (Å²) in [4.78, 5) is 17.9. The summed E-state index contributed by atoms with van der Waals surface area (Å²) in [7, 11) is 0. The van der Waals surface area contributed by atoms with Gasteiger partial charge in [0.1, 0.15) is 5.82 Å². The highest BCUT2D eigenvalue weighted by molar-refractivity contribution is 6.42. The predicted octanol–water partition coefficient (Wildman–Crippen LogP) is 5.88. The van der Waals surface area contributed by atoms with Crippen LogP contribution >= 0.6 is 23.2 Å². The summed E-state index contributed by atoms with van der Waals surface area (Å²) < 4.78 is 2.21. The van der Waals surface area contributed by atoms with Gasteiger partial charge in [-0.05, 0) is 56.7 Å². The van der Waals surface area contributed by atoms with Crippen molar-refractivity contribution < 1.29 is 4.79 Å². The largest absolute Gasteiger partial charge is 0.327 e. The van der Waals surface area contributed by atoms with E-state index in [2.05, 4.69) is 9.99 Å². The maximum atomic E-state index is 13.1. The number of nitrogens with zero attached hydrogens (tertiary/aromatic N) is 3. The molecule has 1 aliphatic heterocycles.